The average molecular weight is 448 g/mol. The molecule has 0 bridgehead atoms. The number of para-hydroxylation sites is 1. The normalized spacial score (nSPS) is 10.7. The standard InChI is InChI=1S/C24H24N4O5/c1-15-13-17(16(2)28(15)21-8-6-5-7-20(21)24(31)33-4)14-25-27-23(30)22(29)26-18-9-11-19(32-3)12-10-18/h5-14H,1-4H3,(H,26,29)(H,27,30)/b25-14-. The molecule has 2 N–H and O–H groups in total. The van der Waals surface area contributed by atoms with Gasteiger partial charge in [0, 0.05) is 22.6 Å². The van der Waals surface area contributed by atoms with Crippen LogP contribution >= 0.6 is 0 Å². The Morgan fingerprint density at radius 1 is 0.970 bits per heavy atom. The molecule has 0 saturated carbocycles. The van der Waals surface area contributed by atoms with Crippen molar-refractivity contribution in [3.63, 3.8) is 0 Å². The third kappa shape index (κ3) is 5.27. The summed E-state index contributed by atoms with van der Waals surface area (Å²) in [6, 6.07) is 15.5. The summed E-state index contributed by atoms with van der Waals surface area (Å²) in [6.45, 7) is 3.75. The summed E-state index contributed by atoms with van der Waals surface area (Å²) in [5.74, 6) is -1.57. The Morgan fingerprint density at radius 2 is 1.67 bits per heavy atom. The Kier molecular flexibility index (Phi) is 7.24. The molecule has 9 nitrogen and oxygen atoms in total. The third-order valence-corrected chi connectivity index (χ3v) is 4.94. The lowest BCUT2D eigenvalue weighted by Crippen LogP contribution is -2.32. The number of aromatic nitrogens is 1. The highest BCUT2D eigenvalue weighted by molar-refractivity contribution is 6.39. The van der Waals surface area contributed by atoms with Gasteiger partial charge in [0.1, 0.15) is 5.75 Å². The first-order chi connectivity index (χ1) is 15.8. The minimum absolute atomic E-state index is 0.425. The summed E-state index contributed by atoms with van der Waals surface area (Å²) in [6.07, 6.45) is 1.44. The first kappa shape index (κ1) is 23.3. The van der Waals surface area contributed by atoms with Crippen molar-refractivity contribution in [1.29, 1.82) is 0 Å². The maximum atomic E-state index is 12.2. The van der Waals surface area contributed by atoms with E-state index in [2.05, 4.69) is 15.8 Å². The second-order valence-corrected chi connectivity index (χ2v) is 7.05. The van der Waals surface area contributed by atoms with Crippen molar-refractivity contribution in [3.8, 4) is 11.4 Å². The molecule has 0 atom stereocenters. The van der Waals surface area contributed by atoms with E-state index >= 15 is 0 Å². The Hall–Kier alpha value is -4.40. The van der Waals surface area contributed by atoms with Crippen LogP contribution in [0.15, 0.2) is 59.7 Å². The van der Waals surface area contributed by atoms with Gasteiger partial charge in [0.05, 0.1) is 31.7 Å². The number of hydrogen-bond donors (Lipinski definition) is 2. The molecule has 3 rings (SSSR count). The number of anilines is 1. The smallest absolute Gasteiger partial charge is 0.339 e. The molecule has 9 heteroatoms. The van der Waals surface area contributed by atoms with Gasteiger partial charge in [-0.3, -0.25) is 9.59 Å². The van der Waals surface area contributed by atoms with E-state index in [0.717, 1.165) is 11.4 Å². The molecular formula is C24H24N4O5. The van der Waals surface area contributed by atoms with E-state index in [1.165, 1.54) is 20.4 Å². The summed E-state index contributed by atoms with van der Waals surface area (Å²) in [5, 5.41) is 6.39. The predicted octanol–water partition coefficient (Wildman–Crippen LogP) is 2.98. The molecular weight excluding hydrogens is 424 g/mol. The van der Waals surface area contributed by atoms with Crippen molar-refractivity contribution in [2.75, 3.05) is 19.5 Å². The van der Waals surface area contributed by atoms with Crippen LogP contribution < -0.4 is 15.5 Å². The summed E-state index contributed by atoms with van der Waals surface area (Å²) >= 11 is 0. The van der Waals surface area contributed by atoms with Crippen molar-refractivity contribution in [3.05, 3.63) is 77.1 Å². The molecule has 170 valence electrons. The Bertz CT molecular complexity index is 1210. The maximum absolute atomic E-state index is 12.2. The lowest BCUT2D eigenvalue weighted by atomic mass is 10.1. The van der Waals surface area contributed by atoms with Gasteiger partial charge in [-0.15, -0.1) is 0 Å². The van der Waals surface area contributed by atoms with Crippen LogP contribution in [-0.4, -0.2) is 42.8 Å². The van der Waals surface area contributed by atoms with Gasteiger partial charge in [-0.25, -0.2) is 10.2 Å². The largest absolute Gasteiger partial charge is 0.497 e. The summed E-state index contributed by atoms with van der Waals surface area (Å²) in [4.78, 5) is 36.3. The van der Waals surface area contributed by atoms with E-state index in [1.54, 1.807) is 36.4 Å². The fourth-order valence-corrected chi connectivity index (χ4v) is 3.31. The van der Waals surface area contributed by atoms with Gasteiger partial charge in [-0.1, -0.05) is 12.1 Å². The number of methoxy groups -OCH3 is 2. The van der Waals surface area contributed by atoms with Gasteiger partial charge in [0.2, 0.25) is 0 Å². The fraction of sp³-hybridized carbons (Fsp3) is 0.167. The maximum Gasteiger partial charge on any atom is 0.339 e. The van der Waals surface area contributed by atoms with Gasteiger partial charge in [0.15, 0.2) is 0 Å². The van der Waals surface area contributed by atoms with Crippen molar-refractivity contribution in [1.82, 2.24) is 9.99 Å². The molecule has 0 aliphatic heterocycles. The van der Waals surface area contributed by atoms with Crippen molar-refractivity contribution in [2.45, 2.75) is 13.8 Å². The molecule has 3 aromatic rings. The minimum atomic E-state index is -0.910. The van der Waals surface area contributed by atoms with E-state index < -0.39 is 17.8 Å². The van der Waals surface area contributed by atoms with Gasteiger partial charge in [-0.05, 0) is 56.3 Å². The number of esters is 1. The number of ether oxygens (including phenoxy) is 2. The van der Waals surface area contributed by atoms with E-state index in [-0.39, 0.29) is 0 Å². The highest BCUT2D eigenvalue weighted by Gasteiger charge is 2.17. The van der Waals surface area contributed by atoms with Crippen LogP contribution in [0.1, 0.15) is 27.3 Å². The Balaban J connectivity index is 1.72. The molecule has 0 saturated heterocycles. The first-order valence-corrected chi connectivity index (χ1v) is 10.0. The quantitative estimate of drug-likeness (QED) is 0.261. The number of carbonyl (C=O) groups excluding carboxylic acids is 3. The van der Waals surface area contributed by atoms with Crippen LogP contribution in [0.5, 0.6) is 5.75 Å². The number of nitrogens with one attached hydrogen (secondary N) is 2. The number of hydrogen-bond acceptors (Lipinski definition) is 6. The molecule has 0 fully saturated rings. The van der Waals surface area contributed by atoms with E-state index in [9.17, 15) is 14.4 Å². The number of aryl methyl sites for hydroxylation is 1. The lowest BCUT2D eigenvalue weighted by molar-refractivity contribution is -0.136. The molecule has 0 aliphatic carbocycles. The molecule has 1 aromatic heterocycles. The molecule has 33 heavy (non-hydrogen) atoms. The van der Waals surface area contributed by atoms with Crippen LogP contribution in [-0.2, 0) is 14.3 Å². The molecule has 2 amide bonds. The molecule has 2 aromatic carbocycles. The Labute approximate surface area is 191 Å². The summed E-state index contributed by atoms with van der Waals surface area (Å²) in [7, 11) is 2.87. The number of rotatable bonds is 6. The van der Waals surface area contributed by atoms with Crippen molar-refractivity contribution < 1.29 is 23.9 Å². The zero-order chi connectivity index (χ0) is 24.0. The zero-order valence-electron chi connectivity index (χ0n) is 18.7. The highest BCUT2D eigenvalue weighted by atomic mass is 16.5. The lowest BCUT2D eigenvalue weighted by Gasteiger charge is -2.13. The highest BCUT2D eigenvalue weighted by Crippen LogP contribution is 2.23. The number of benzene rings is 2. The van der Waals surface area contributed by atoms with E-state index in [1.807, 2.05) is 36.6 Å². The third-order valence-electron chi connectivity index (χ3n) is 4.94. The van der Waals surface area contributed by atoms with Crippen LogP contribution in [0.4, 0.5) is 5.69 Å². The van der Waals surface area contributed by atoms with Crippen molar-refractivity contribution >= 4 is 29.7 Å². The second kappa shape index (κ2) is 10.3. The molecule has 1 heterocycles. The molecule has 0 spiro atoms. The van der Waals surface area contributed by atoms with Crippen LogP contribution in [0.2, 0.25) is 0 Å². The van der Waals surface area contributed by atoms with E-state index in [4.69, 9.17) is 9.47 Å². The molecule has 0 aliphatic rings. The summed E-state index contributed by atoms with van der Waals surface area (Å²) < 4.78 is 11.8. The number of hydrazone groups is 1. The van der Waals surface area contributed by atoms with Crippen LogP contribution in [0, 0.1) is 13.8 Å². The van der Waals surface area contributed by atoms with Crippen LogP contribution in [0.3, 0.4) is 0 Å². The van der Waals surface area contributed by atoms with Gasteiger partial charge in [-0.2, -0.15) is 5.10 Å². The first-order valence-electron chi connectivity index (χ1n) is 10.0. The minimum Gasteiger partial charge on any atom is -0.497 e. The topological polar surface area (TPSA) is 111 Å². The number of amides is 2. The average Bonchev–Trinajstić information content (AvgIpc) is 3.11. The predicted molar refractivity (Wildman–Crippen MR) is 124 cm³/mol. The molecule has 0 radical (unpaired) electrons. The Morgan fingerprint density at radius 3 is 2.33 bits per heavy atom. The van der Waals surface area contributed by atoms with Gasteiger partial charge < -0.3 is 19.4 Å². The summed E-state index contributed by atoms with van der Waals surface area (Å²) in [5.41, 5.74) is 6.13. The SMILES string of the molecule is COC(=O)c1ccccc1-n1c(C)cc(/C=N\NC(=O)C(=O)Nc2ccc(OC)cc2)c1C. The van der Waals surface area contributed by atoms with Crippen LogP contribution in [0.25, 0.3) is 5.69 Å². The van der Waals surface area contributed by atoms with Crippen molar-refractivity contribution in [2.24, 2.45) is 5.10 Å². The fourth-order valence-electron chi connectivity index (χ4n) is 3.31. The number of carbonyl (C=O) groups is 3. The monoisotopic (exact) mass is 448 g/mol. The van der Waals surface area contributed by atoms with Gasteiger partial charge >= 0.3 is 17.8 Å². The zero-order valence-corrected chi connectivity index (χ0v) is 18.7. The number of nitrogens with zero attached hydrogens (tertiary/aromatic N) is 2. The van der Waals surface area contributed by atoms with E-state index in [0.29, 0.717) is 28.3 Å². The molecule has 0 unspecified atom stereocenters. The van der Waals surface area contributed by atoms with Gasteiger partial charge in [0.25, 0.3) is 0 Å². The second-order valence-electron chi connectivity index (χ2n) is 7.05.